The monoisotopic (exact) mass is 349 g/mol. The van der Waals surface area contributed by atoms with Crippen LogP contribution in [0.5, 0.6) is 0 Å². The van der Waals surface area contributed by atoms with Gasteiger partial charge in [0.05, 0.1) is 6.04 Å². The molecule has 2 unspecified atom stereocenters. The van der Waals surface area contributed by atoms with E-state index in [9.17, 15) is 9.59 Å². The molecule has 0 radical (unpaired) electrons. The van der Waals surface area contributed by atoms with Gasteiger partial charge in [-0.15, -0.1) is 0 Å². The molecule has 0 aliphatic heterocycles. The molecule has 1 aliphatic carbocycles. The van der Waals surface area contributed by atoms with Gasteiger partial charge in [-0.1, -0.05) is 38.1 Å². The maximum absolute atomic E-state index is 12.6. The number of nitrogens with one attached hydrogen (secondary N) is 2. The second-order valence-corrected chi connectivity index (χ2v) is 7.90. The van der Waals surface area contributed by atoms with Crippen molar-refractivity contribution in [3.05, 3.63) is 35.4 Å². The minimum Gasteiger partial charge on any atom is -0.352 e. The van der Waals surface area contributed by atoms with E-state index >= 15 is 0 Å². The van der Waals surface area contributed by atoms with E-state index in [2.05, 4.69) is 36.6 Å². The second-order valence-electron chi connectivity index (χ2n) is 6.91. The summed E-state index contributed by atoms with van der Waals surface area (Å²) < 4.78 is 0. The molecule has 2 rings (SSSR count). The quantitative estimate of drug-likeness (QED) is 0.738. The van der Waals surface area contributed by atoms with Gasteiger partial charge in [0.15, 0.2) is 0 Å². The average molecular weight is 350 g/mol. The molecule has 132 valence electrons. The normalized spacial score (nSPS) is 19.9. The van der Waals surface area contributed by atoms with E-state index in [1.54, 1.807) is 11.8 Å². The Hall–Kier alpha value is -1.69. The van der Waals surface area contributed by atoms with Crippen molar-refractivity contribution in [2.75, 3.05) is 12.0 Å². The average Bonchev–Trinajstić information content (AvgIpc) is 2.54. The molecule has 0 spiro atoms. The molecule has 6 heteroatoms. The minimum atomic E-state index is -0.665. The first-order chi connectivity index (χ1) is 11.3. The van der Waals surface area contributed by atoms with E-state index in [1.807, 2.05) is 18.4 Å². The number of urea groups is 1. The van der Waals surface area contributed by atoms with Crippen LogP contribution in [0.15, 0.2) is 24.3 Å². The predicted molar refractivity (Wildman–Crippen MR) is 99.1 cm³/mol. The largest absolute Gasteiger partial charge is 0.352 e. The fraction of sp³-hybridized carbons (Fsp3) is 0.556. The van der Waals surface area contributed by atoms with E-state index < -0.39 is 12.1 Å². The van der Waals surface area contributed by atoms with E-state index in [-0.39, 0.29) is 17.4 Å². The van der Waals surface area contributed by atoms with Crippen molar-refractivity contribution >= 4 is 23.7 Å². The Bertz CT molecular complexity index is 604. The topological polar surface area (TPSA) is 84.2 Å². The molecule has 1 aliphatic rings. The van der Waals surface area contributed by atoms with Gasteiger partial charge in [-0.2, -0.15) is 11.8 Å². The number of amides is 3. The third kappa shape index (κ3) is 4.44. The molecule has 0 aromatic heterocycles. The molecule has 5 nitrogen and oxygen atoms in total. The Morgan fingerprint density at radius 2 is 2.08 bits per heavy atom. The fourth-order valence-corrected chi connectivity index (χ4v) is 3.78. The lowest BCUT2D eigenvalue weighted by molar-refractivity contribution is -0.123. The summed E-state index contributed by atoms with van der Waals surface area (Å²) in [5, 5.41) is 5.67. The maximum atomic E-state index is 12.6. The highest BCUT2D eigenvalue weighted by Gasteiger charge is 2.33. The van der Waals surface area contributed by atoms with Crippen LogP contribution < -0.4 is 16.4 Å². The SMILES string of the molecule is CSCCC(NC(N)=O)C(=O)NC1CCC(C)(C)c2ccccc21. The van der Waals surface area contributed by atoms with Gasteiger partial charge in [0.25, 0.3) is 0 Å². The van der Waals surface area contributed by atoms with Crippen LogP contribution in [0.3, 0.4) is 0 Å². The van der Waals surface area contributed by atoms with Crippen LogP contribution in [0.1, 0.15) is 50.3 Å². The number of primary amides is 1. The zero-order chi connectivity index (χ0) is 17.7. The van der Waals surface area contributed by atoms with Crippen molar-refractivity contribution < 1.29 is 9.59 Å². The number of carbonyl (C=O) groups is 2. The molecule has 1 aromatic carbocycles. The van der Waals surface area contributed by atoms with Gasteiger partial charge in [-0.25, -0.2) is 4.79 Å². The second kappa shape index (κ2) is 7.92. The summed E-state index contributed by atoms with van der Waals surface area (Å²) in [5.74, 6) is 0.620. The highest BCUT2D eigenvalue weighted by atomic mass is 32.2. The van der Waals surface area contributed by atoms with Gasteiger partial charge >= 0.3 is 6.03 Å². The number of carbonyl (C=O) groups excluding carboxylic acids is 2. The summed E-state index contributed by atoms with van der Waals surface area (Å²) in [5.41, 5.74) is 7.78. The van der Waals surface area contributed by atoms with Crippen molar-refractivity contribution in [1.29, 1.82) is 0 Å². The molecular weight excluding hydrogens is 322 g/mol. The van der Waals surface area contributed by atoms with Gasteiger partial charge in [0, 0.05) is 0 Å². The summed E-state index contributed by atoms with van der Waals surface area (Å²) in [7, 11) is 0. The van der Waals surface area contributed by atoms with Crippen LogP contribution >= 0.6 is 11.8 Å². The first-order valence-corrected chi connectivity index (χ1v) is 9.69. The minimum absolute atomic E-state index is 0.0202. The lowest BCUT2D eigenvalue weighted by atomic mass is 9.71. The Morgan fingerprint density at radius 3 is 2.75 bits per heavy atom. The number of hydrogen-bond acceptors (Lipinski definition) is 3. The van der Waals surface area contributed by atoms with Crippen molar-refractivity contribution in [2.45, 2.75) is 50.6 Å². The van der Waals surface area contributed by atoms with Crippen molar-refractivity contribution in [3.63, 3.8) is 0 Å². The summed E-state index contributed by atoms with van der Waals surface area (Å²) in [6, 6.07) is 7.00. The maximum Gasteiger partial charge on any atom is 0.312 e. The van der Waals surface area contributed by atoms with E-state index in [0.29, 0.717) is 6.42 Å². The number of benzene rings is 1. The van der Waals surface area contributed by atoms with Crippen LogP contribution in [-0.4, -0.2) is 30.0 Å². The molecule has 2 atom stereocenters. The van der Waals surface area contributed by atoms with Crippen molar-refractivity contribution in [3.8, 4) is 0 Å². The summed E-state index contributed by atoms with van der Waals surface area (Å²) in [4.78, 5) is 23.8. The lowest BCUT2D eigenvalue weighted by Gasteiger charge is -2.37. The molecule has 0 heterocycles. The fourth-order valence-electron chi connectivity index (χ4n) is 3.31. The highest BCUT2D eigenvalue weighted by molar-refractivity contribution is 7.98. The van der Waals surface area contributed by atoms with Crippen molar-refractivity contribution in [2.24, 2.45) is 5.73 Å². The van der Waals surface area contributed by atoms with Gasteiger partial charge < -0.3 is 16.4 Å². The molecule has 0 fully saturated rings. The van der Waals surface area contributed by atoms with E-state index in [1.165, 1.54) is 11.1 Å². The van der Waals surface area contributed by atoms with Crippen molar-refractivity contribution in [1.82, 2.24) is 10.6 Å². The van der Waals surface area contributed by atoms with Gasteiger partial charge in [-0.05, 0) is 47.8 Å². The van der Waals surface area contributed by atoms with Gasteiger partial charge in [0.2, 0.25) is 5.91 Å². The van der Waals surface area contributed by atoms with Crippen LogP contribution in [0.4, 0.5) is 4.79 Å². The van der Waals surface area contributed by atoms with Gasteiger partial charge in [0.1, 0.15) is 6.04 Å². The Kier molecular flexibility index (Phi) is 6.15. The Labute approximate surface area is 148 Å². The standard InChI is InChI=1S/C18H27N3O2S/c1-18(2)10-8-14(12-6-4-5-7-13(12)18)20-16(22)15(9-11-24-3)21-17(19)23/h4-7,14-15H,8-11H2,1-3H3,(H,20,22)(H3,19,21,23). The van der Waals surface area contributed by atoms with Crippen LogP contribution in [-0.2, 0) is 10.2 Å². The van der Waals surface area contributed by atoms with Crippen LogP contribution in [0, 0.1) is 0 Å². The number of nitrogens with two attached hydrogens (primary N) is 1. The summed E-state index contributed by atoms with van der Waals surface area (Å²) in [6.07, 6.45) is 4.43. The molecule has 24 heavy (non-hydrogen) atoms. The molecular formula is C18H27N3O2S. The third-order valence-corrected chi connectivity index (χ3v) is 5.33. The summed E-state index contributed by atoms with van der Waals surface area (Å²) in [6.45, 7) is 4.47. The van der Waals surface area contributed by atoms with E-state index in [4.69, 9.17) is 5.73 Å². The van der Waals surface area contributed by atoms with E-state index in [0.717, 1.165) is 18.6 Å². The first-order valence-electron chi connectivity index (χ1n) is 8.30. The summed E-state index contributed by atoms with van der Waals surface area (Å²) >= 11 is 1.64. The number of rotatable bonds is 6. The lowest BCUT2D eigenvalue weighted by Crippen LogP contribution is -2.50. The molecule has 1 aromatic rings. The smallest absolute Gasteiger partial charge is 0.312 e. The molecule has 0 bridgehead atoms. The molecule has 0 saturated carbocycles. The zero-order valence-corrected chi connectivity index (χ0v) is 15.4. The molecule has 4 N–H and O–H groups in total. The number of thioether (sulfide) groups is 1. The van der Waals surface area contributed by atoms with Crippen LogP contribution in [0.25, 0.3) is 0 Å². The first kappa shape index (κ1) is 18.6. The zero-order valence-electron chi connectivity index (χ0n) is 14.6. The van der Waals surface area contributed by atoms with Gasteiger partial charge in [-0.3, -0.25) is 4.79 Å². The number of hydrogen-bond donors (Lipinski definition) is 3. The Balaban J connectivity index is 2.14. The molecule has 0 saturated heterocycles. The Morgan fingerprint density at radius 1 is 1.38 bits per heavy atom. The number of fused-ring (bicyclic) bond motifs is 1. The molecule has 3 amide bonds. The van der Waals surface area contributed by atoms with Crippen LogP contribution in [0.2, 0.25) is 0 Å². The highest BCUT2D eigenvalue weighted by Crippen LogP contribution is 2.41. The predicted octanol–water partition coefficient (Wildman–Crippen LogP) is 2.71. The third-order valence-electron chi connectivity index (χ3n) is 4.68.